The van der Waals surface area contributed by atoms with Crippen LogP contribution in [0.1, 0.15) is 46.5 Å². The number of esters is 1. The Balaban J connectivity index is 2.63. The van der Waals surface area contributed by atoms with Crippen molar-refractivity contribution in [2.24, 2.45) is 34.5 Å². The van der Waals surface area contributed by atoms with E-state index in [2.05, 4.69) is 0 Å². The molecule has 0 unspecified atom stereocenters. The minimum atomic E-state index is -4.03. The normalized spacial score (nSPS) is 27.5. The number of carbonyl (C=O) groups is 8. The van der Waals surface area contributed by atoms with E-state index in [1.54, 1.807) is 39.0 Å². The van der Waals surface area contributed by atoms with Crippen molar-refractivity contribution in [3.8, 4) is 0 Å². The molecule has 0 aromatic heterocycles. The minimum absolute atomic E-state index is 0.0304. The first-order valence-corrected chi connectivity index (χ1v) is 13.4. The number of fused-ring (bicyclic) bond motifs is 1. The molecule has 0 fully saturated rings. The van der Waals surface area contributed by atoms with Crippen LogP contribution in [-0.2, 0) is 43.1 Å². The van der Waals surface area contributed by atoms with Crippen molar-refractivity contribution in [1.82, 2.24) is 0 Å². The van der Waals surface area contributed by atoms with Gasteiger partial charge in [0.15, 0.2) is 23.6 Å². The highest BCUT2D eigenvalue weighted by Gasteiger charge is 2.74. The van der Waals surface area contributed by atoms with Crippen molar-refractivity contribution in [3.05, 3.63) is 23.8 Å². The van der Waals surface area contributed by atoms with Gasteiger partial charge in [0.1, 0.15) is 36.8 Å². The van der Waals surface area contributed by atoms with Gasteiger partial charge < -0.3 is 53.9 Å². The zero-order valence-corrected chi connectivity index (χ0v) is 23.5. The number of carboxylic acids is 1. The fourth-order valence-electron chi connectivity index (χ4n) is 5.92. The third-order valence-corrected chi connectivity index (χ3v) is 8.95. The van der Waals surface area contributed by atoms with E-state index >= 15 is 0 Å². The quantitative estimate of drug-likeness (QED) is 0.101. The molecule has 230 valence electrons. The van der Waals surface area contributed by atoms with Crippen LogP contribution in [0, 0.1) is 34.5 Å². The number of rotatable bonds is 16. The van der Waals surface area contributed by atoms with Crippen LogP contribution < -0.4 is 0 Å². The molecule has 4 N–H and O–H groups in total. The van der Waals surface area contributed by atoms with Crippen LogP contribution >= 0.6 is 0 Å². The van der Waals surface area contributed by atoms with Gasteiger partial charge in [-0.3, -0.25) is 9.59 Å². The second kappa shape index (κ2) is 13.1. The summed E-state index contributed by atoms with van der Waals surface area (Å²) in [6.45, 7) is 5.23. The highest BCUT2D eigenvalue weighted by atomic mass is 16.5. The fraction of sp³-hybridized carbons (Fsp3) is 0.586. The maximum absolute atomic E-state index is 12.7. The molecule has 0 spiro atoms. The third kappa shape index (κ3) is 5.32. The molecule has 0 bridgehead atoms. The van der Waals surface area contributed by atoms with Gasteiger partial charge in [-0.1, -0.05) is 39.0 Å². The SMILES string of the molecule is CC[C@H](C)C(=O)O[C@H]1C[C@H](O)C=C2C=C[C@H](C)[C@H](CC[C@](O)(C=O)C(C=O)(C=O)[C@](O)(C=O)C(C=O)(C=O)C(=O)O)[C@H]21. The number of aliphatic hydroxyl groups is 3. The number of hydrogen-bond acceptors (Lipinski definition) is 12. The maximum Gasteiger partial charge on any atom is 0.327 e. The predicted molar refractivity (Wildman–Crippen MR) is 141 cm³/mol. The van der Waals surface area contributed by atoms with Crippen LogP contribution in [0.2, 0.25) is 0 Å². The van der Waals surface area contributed by atoms with E-state index in [4.69, 9.17) is 4.74 Å². The summed E-state index contributed by atoms with van der Waals surface area (Å²) >= 11 is 0. The first kappa shape index (κ1) is 34.5. The van der Waals surface area contributed by atoms with Gasteiger partial charge in [0.2, 0.25) is 5.41 Å². The molecule has 0 amide bonds. The molecule has 0 aromatic rings. The maximum atomic E-state index is 12.7. The molecule has 8 atom stereocenters. The molecule has 0 saturated carbocycles. The summed E-state index contributed by atoms with van der Waals surface area (Å²) < 4.78 is 5.75. The van der Waals surface area contributed by atoms with Gasteiger partial charge in [-0.05, 0) is 36.7 Å². The lowest BCUT2D eigenvalue weighted by Gasteiger charge is -2.49. The minimum Gasteiger partial charge on any atom is -0.480 e. The van der Waals surface area contributed by atoms with E-state index in [1.807, 2.05) is 0 Å². The fourth-order valence-corrected chi connectivity index (χ4v) is 5.92. The number of aliphatic hydroxyl groups excluding tert-OH is 1. The lowest BCUT2D eigenvalue weighted by molar-refractivity contribution is -0.210. The van der Waals surface area contributed by atoms with Gasteiger partial charge in [-0.15, -0.1) is 0 Å². The van der Waals surface area contributed by atoms with Crippen LogP contribution in [0.25, 0.3) is 0 Å². The molecule has 0 radical (unpaired) electrons. The zero-order valence-electron chi connectivity index (χ0n) is 23.5. The third-order valence-electron chi connectivity index (χ3n) is 8.95. The molecule has 0 saturated heterocycles. The topological polar surface area (TPSA) is 227 Å². The summed E-state index contributed by atoms with van der Waals surface area (Å²) in [5.74, 6) is -4.89. The molecular formula is C29H36O13. The number of ether oxygens (including phenoxy) is 1. The number of hydrogen-bond donors (Lipinski definition) is 4. The van der Waals surface area contributed by atoms with E-state index < -0.39 is 102 Å². The number of aliphatic carboxylic acids is 1. The lowest BCUT2D eigenvalue weighted by Crippen LogP contribution is -2.74. The highest BCUT2D eigenvalue weighted by Crippen LogP contribution is 2.50. The number of carboxylic acid groups (broad SMARTS) is 1. The van der Waals surface area contributed by atoms with E-state index in [-0.39, 0.29) is 25.0 Å². The zero-order chi connectivity index (χ0) is 32.1. The Hall–Kier alpha value is -3.68. The molecule has 42 heavy (non-hydrogen) atoms. The van der Waals surface area contributed by atoms with Crippen molar-refractivity contribution < 1.29 is 63.5 Å². The number of aldehydes is 6. The van der Waals surface area contributed by atoms with Crippen LogP contribution in [0.4, 0.5) is 0 Å². The Morgan fingerprint density at radius 3 is 2.07 bits per heavy atom. The van der Waals surface area contributed by atoms with Gasteiger partial charge >= 0.3 is 11.9 Å². The Labute approximate surface area is 241 Å². The molecule has 2 aliphatic carbocycles. The average molecular weight is 593 g/mol. The van der Waals surface area contributed by atoms with Crippen LogP contribution in [-0.4, -0.2) is 93.5 Å². The molecule has 2 rings (SSSR count). The number of carbonyl (C=O) groups excluding carboxylic acids is 7. The average Bonchev–Trinajstić information content (AvgIpc) is 2.97. The van der Waals surface area contributed by atoms with E-state index in [0.29, 0.717) is 12.0 Å². The van der Waals surface area contributed by atoms with E-state index in [9.17, 15) is 58.8 Å². The molecule has 0 heterocycles. The lowest BCUT2D eigenvalue weighted by atomic mass is 9.53. The summed E-state index contributed by atoms with van der Waals surface area (Å²) in [7, 11) is 0. The Kier molecular flexibility index (Phi) is 10.8. The smallest absolute Gasteiger partial charge is 0.327 e. The van der Waals surface area contributed by atoms with E-state index in [0.717, 1.165) is 0 Å². The van der Waals surface area contributed by atoms with Crippen LogP contribution in [0.3, 0.4) is 0 Å². The summed E-state index contributed by atoms with van der Waals surface area (Å²) in [5, 5.41) is 42.7. The van der Waals surface area contributed by atoms with Crippen LogP contribution in [0.5, 0.6) is 0 Å². The first-order valence-electron chi connectivity index (χ1n) is 13.4. The largest absolute Gasteiger partial charge is 0.480 e. The predicted octanol–water partition coefficient (Wildman–Crippen LogP) is -0.433. The second-order valence-corrected chi connectivity index (χ2v) is 11.1. The van der Waals surface area contributed by atoms with E-state index in [1.165, 1.54) is 0 Å². The summed E-state index contributed by atoms with van der Waals surface area (Å²) in [4.78, 5) is 97.6. The molecule has 0 aliphatic heterocycles. The molecule has 13 heteroatoms. The van der Waals surface area contributed by atoms with Crippen molar-refractivity contribution >= 4 is 49.7 Å². The van der Waals surface area contributed by atoms with Crippen molar-refractivity contribution in [2.75, 3.05) is 0 Å². The summed E-state index contributed by atoms with van der Waals surface area (Å²) in [5.41, 5.74) is -14.1. The van der Waals surface area contributed by atoms with Gasteiger partial charge in [-0.25, -0.2) is 0 Å². The second-order valence-electron chi connectivity index (χ2n) is 11.1. The van der Waals surface area contributed by atoms with Crippen molar-refractivity contribution in [3.63, 3.8) is 0 Å². The molecular weight excluding hydrogens is 556 g/mol. The molecule has 2 aliphatic rings. The highest BCUT2D eigenvalue weighted by molar-refractivity contribution is 6.15. The van der Waals surface area contributed by atoms with Gasteiger partial charge in [0.25, 0.3) is 0 Å². The molecule has 0 aromatic carbocycles. The number of allylic oxidation sites excluding steroid dienone is 2. The van der Waals surface area contributed by atoms with Gasteiger partial charge in [0.05, 0.1) is 12.0 Å². The standard InChI is InChI=1S/C29H36O13/c1-4-17(2)24(37)42-22-10-20(36)9-19-6-5-18(3)21(23(19)22)7-8-28(40,15-34)27(13-32,14-33)29(41,16-35)26(11-30,12-31)25(38)39/h5-6,9,11-18,20-23,36,40-41H,4,7-8,10H2,1-3H3,(H,38,39)/t17-,18-,20+,21-,22-,23-,28-,29-/m0/s1. The van der Waals surface area contributed by atoms with Gasteiger partial charge in [0, 0.05) is 12.3 Å². The Morgan fingerprint density at radius 2 is 1.62 bits per heavy atom. The Morgan fingerprint density at radius 1 is 1.02 bits per heavy atom. The summed E-state index contributed by atoms with van der Waals surface area (Å²) in [6, 6.07) is 0. The first-order chi connectivity index (χ1) is 19.7. The monoisotopic (exact) mass is 592 g/mol. The summed E-state index contributed by atoms with van der Waals surface area (Å²) in [6.07, 6.45) is -0.768. The van der Waals surface area contributed by atoms with Crippen molar-refractivity contribution in [2.45, 2.75) is 69.9 Å². The van der Waals surface area contributed by atoms with Crippen molar-refractivity contribution in [1.29, 1.82) is 0 Å². The van der Waals surface area contributed by atoms with Crippen LogP contribution in [0.15, 0.2) is 23.8 Å². The van der Waals surface area contributed by atoms with Gasteiger partial charge in [-0.2, -0.15) is 0 Å². The molecule has 13 nitrogen and oxygen atoms in total. The Bertz CT molecular complexity index is 1160.